The number of amides is 2. The summed E-state index contributed by atoms with van der Waals surface area (Å²) in [5.41, 5.74) is 1.76. The SMILES string of the molecule is COc1ccc(NC(=O)N(C)Cc2ccccc2Br)cc1Br. The zero-order valence-electron chi connectivity index (χ0n) is 12.3. The summed E-state index contributed by atoms with van der Waals surface area (Å²) in [5.74, 6) is 0.722. The number of nitrogens with one attached hydrogen (secondary N) is 1. The fourth-order valence-corrected chi connectivity index (χ4v) is 2.87. The number of anilines is 1. The molecule has 2 aromatic rings. The quantitative estimate of drug-likeness (QED) is 0.754. The lowest BCUT2D eigenvalue weighted by Gasteiger charge is -2.19. The van der Waals surface area contributed by atoms with Gasteiger partial charge < -0.3 is 15.0 Å². The smallest absolute Gasteiger partial charge is 0.321 e. The predicted molar refractivity (Wildman–Crippen MR) is 95.3 cm³/mol. The third-order valence-electron chi connectivity index (χ3n) is 3.12. The highest BCUT2D eigenvalue weighted by Crippen LogP contribution is 2.28. The van der Waals surface area contributed by atoms with Crippen LogP contribution in [0, 0.1) is 0 Å². The fraction of sp³-hybridized carbons (Fsp3) is 0.188. The van der Waals surface area contributed by atoms with Crippen molar-refractivity contribution in [1.29, 1.82) is 0 Å². The Morgan fingerprint density at radius 1 is 1.18 bits per heavy atom. The molecule has 0 spiro atoms. The van der Waals surface area contributed by atoms with Crippen LogP contribution in [0.3, 0.4) is 0 Å². The van der Waals surface area contributed by atoms with E-state index >= 15 is 0 Å². The van der Waals surface area contributed by atoms with E-state index in [1.165, 1.54) is 0 Å². The summed E-state index contributed by atoms with van der Waals surface area (Å²) in [6.07, 6.45) is 0. The molecule has 22 heavy (non-hydrogen) atoms. The van der Waals surface area contributed by atoms with Gasteiger partial charge >= 0.3 is 6.03 Å². The minimum absolute atomic E-state index is 0.173. The molecule has 0 radical (unpaired) electrons. The summed E-state index contributed by atoms with van der Waals surface area (Å²) in [6, 6.07) is 13.1. The van der Waals surface area contributed by atoms with Crippen LogP contribution in [0.25, 0.3) is 0 Å². The summed E-state index contributed by atoms with van der Waals surface area (Å²) in [7, 11) is 3.36. The van der Waals surface area contributed by atoms with E-state index in [2.05, 4.69) is 37.2 Å². The van der Waals surface area contributed by atoms with Gasteiger partial charge in [-0.3, -0.25) is 0 Å². The number of urea groups is 1. The van der Waals surface area contributed by atoms with Crippen molar-refractivity contribution in [2.45, 2.75) is 6.54 Å². The molecule has 116 valence electrons. The Morgan fingerprint density at radius 2 is 1.91 bits per heavy atom. The molecule has 2 amide bonds. The van der Waals surface area contributed by atoms with Gasteiger partial charge in [-0.05, 0) is 45.8 Å². The summed E-state index contributed by atoms with van der Waals surface area (Å²) in [4.78, 5) is 13.9. The van der Waals surface area contributed by atoms with E-state index in [9.17, 15) is 4.79 Å². The van der Waals surface area contributed by atoms with Gasteiger partial charge in [0.25, 0.3) is 0 Å². The van der Waals surface area contributed by atoms with Crippen molar-refractivity contribution in [2.75, 3.05) is 19.5 Å². The highest BCUT2D eigenvalue weighted by Gasteiger charge is 2.11. The molecular formula is C16H16Br2N2O2. The number of hydrogen-bond donors (Lipinski definition) is 1. The Hall–Kier alpha value is -1.53. The van der Waals surface area contributed by atoms with Gasteiger partial charge in [0.15, 0.2) is 0 Å². The first-order valence-electron chi connectivity index (χ1n) is 6.60. The second-order valence-electron chi connectivity index (χ2n) is 4.73. The average molecular weight is 428 g/mol. The van der Waals surface area contributed by atoms with Crippen LogP contribution in [-0.2, 0) is 6.54 Å². The summed E-state index contributed by atoms with van der Waals surface area (Å²) in [6.45, 7) is 0.518. The Kier molecular flexibility index (Phi) is 5.85. The van der Waals surface area contributed by atoms with E-state index in [0.29, 0.717) is 12.2 Å². The second-order valence-corrected chi connectivity index (χ2v) is 6.44. The van der Waals surface area contributed by atoms with Crippen molar-refractivity contribution in [3.05, 3.63) is 57.0 Å². The lowest BCUT2D eigenvalue weighted by atomic mass is 10.2. The zero-order valence-corrected chi connectivity index (χ0v) is 15.4. The van der Waals surface area contributed by atoms with Crippen LogP contribution in [0.1, 0.15) is 5.56 Å². The normalized spacial score (nSPS) is 10.2. The van der Waals surface area contributed by atoms with Crippen LogP contribution < -0.4 is 10.1 Å². The molecular weight excluding hydrogens is 412 g/mol. The molecule has 0 aliphatic rings. The number of rotatable bonds is 4. The van der Waals surface area contributed by atoms with Crippen LogP contribution in [0.2, 0.25) is 0 Å². The lowest BCUT2D eigenvalue weighted by molar-refractivity contribution is 0.220. The fourth-order valence-electron chi connectivity index (χ4n) is 1.92. The Bertz CT molecular complexity index is 677. The highest BCUT2D eigenvalue weighted by molar-refractivity contribution is 9.10. The second kappa shape index (κ2) is 7.65. The topological polar surface area (TPSA) is 41.6 Å². The highest BCUT2D eigenvalue weighted by atomic mass is 79.9. The Balaban J connectivity index is 2.02. The number of carbonyl (C=O) groups is 1. The van der Waals surface area contributed by atoms with Gasteiger partial charge in [-0.25, -0.2) is 4.79 Å². The molecule has 6 heteroatoms. The number of carbonyl (C=O) groups excluding carboxylic acids is 1. The number of halogens is 2. The number of hydrogen-bond acceptors (Lipinski definition) is 2. The summed E-state index contributed by atoms with van der Waals surface area (Å²) in [5, 5.41) is 2.86. The van der Waals surface area contributed by atoms with E-state index in [-0.39, 0.29) is 6.03 Å². The van der Waals surface area contributed by atoms with Gasteiger partial charge in [0.1, 0.15) is 5.75 Å². The lowest BCUT2D eigenvalue weighted by Crippen LogP contribution is -2.30. The van der Waals surface area contributed by atoms with Crippen LogP contribution in [0.5, 0.6) is 5.75 Å². The molecule has 0 aliphatic carbocycles. The minimum atomic E-state index is -0.173. The third-order valence-corrected chi connectivity index (χ3v) is 4.51. The molecule has 0 aliphatic heterocycles. The molecule has 0 saturated carbocycles. The third kappa shape index (κ3) is 4.24. The first-order valence-corrected chi connectivity index (χ1v) is 8.19. The first-order chi connectivity index (χ1) is 10.5. The summed E-state index contributed by atoms with van der Waals surface area (Å²) < 4.78 is 6.95. The van der Waals surface area contributed by atoms with Gasteiger partial charge in [0.2, 0.25) is 0 Å². The molecule has 0 heterocycles. The van der Waals surface area contributed by atoms with E-state index in [4.69, 9.17) is 4.74 Å². The molecule has 4 nitrogen and oxygen atoms in total. The standard InChI is InChI=1S/C16H16Br2N2O2/c1-20(10-11-5-3-4-6-13(11)17)16(21)19-12-7-8-15(22-2)14(18)9-12/h3-9H,10H2,1-2H3,(H,19,21). The summed E-state index contributed by atoms with van der Waals surface area (Å²) >= 11 is 6.89. The first kappa shape index (κ1) is 16.8. The molecule has 0 aromatic heterocycles. The minimum Gasteiger partial charge on any atom is -0.496 e. The van der Waals surface area contributed by atoms with Gasteiger partial charge in [-0.1, -0.05) is 34.1 Å². The van der Waals surface area contributed by atoms with Crippen LogP contribution in [0.15, 0.2) is 51.4 Å². The maximum absolute atomic E-state index is 12.2. The molecule has 0 fully saturated rings. The van der Waals surface area contributed by atoms with Gasteiger partial charge in [-0.2, -0.15) is 0 Å². The van der Waals surface area contributed by atoms with E-state index in [1.807, 2.05) is 30.3 Å². The Morgan fingerprint density at radius 3 is 2.55 bits per heavy atom. The van der Waals surface area contributed by atoms with Crippen molar-refractivity contribution in [2.24, 2.45) is 0 Å². The number of benzene rings is 2. The molecule has 1 N–H and O–H groups in total. The van der Waals surface area contributed by atoms with Crippen LogP contribution in [0.4, 0.5) is 10.5 Å². The van der Waals surface area contributed by atoms with Gasteiger partial charge in [0, 0.05) is 23.8 Å². The van der Waals surface area contributed by atoms with Crippen molar-refractivity contribution in [3.63, 3.8) is 0 Å². The van der Waals surface area contributed by atoms with Crippen LogP contribution >= 0.6 is 31.9 Å². The van der Waals surface area contributed by atoms with Crippen molar-refractivity contribution in [1.82, 2.24) is 4.90 Å². The average Bonchev–Trinajstić information content (AvgIpc) is 2.49. The van der Waals surface area contributed by atoms with E-state index in [0.717, 1.165) is 20.3 Å². The molecule has 0 bridgehead atoms. The van der Waals surface area contributed by atoms with Gasteiger partial charge in [0.05, 0.1) is 11.6 Å². The largest absolute Gasteiger partial charge is 0.496 e. The predicted octanol–water partition coefficient (Wildman–Crippen LogP) is 4.88. The van der Waals surface area contributed by atoms with Crippen LogP contribution in [-0.4, -0.2) is 25.1 Å². The van der Waals surface area contributed by atoms with Crippen molar-refractivity contribution < 1.29 is 9.53 Å². The number of ether oxygens (including phenoxy) is 1. The monoisotopic (exact) mass is 426 g/mol. The maximum atomic E-state index is 12.2. The molecule has 2 aromatic carbocycles. The van der Waals surface area contributed by atoms with Gasteiger partial charge in [-0.15, -0.1) is 0 Å². The maximum Gasteiger partial charge on any atom is 0.321 e. The van der Waals surface area contributed by atoms with Crippen molar-refractivity contribution in [3.8, 4) is 5.75 Å². The molecule has 0 unspecified atom stereocenters. The molecule has 0 saturated heterocycles. The Labute approximate surface area is 146 Å². The van der Waals surface area contributed by atoms with E-state index < -0.39 is 0 Å². The molecule has 0 atom stereocenters. The molecule has 2 rings (SSSR count). The van der Waals surface area contributed by atoms with E-state index in [1.54, 1.807) is 31.2 Å². The number of nitrogens with zero attached hydrogens (tertiary/aromatic N) is 1. The van der Waals surface area contributed by atoms with Crippen molar-refractivity contribution >= 4 is 43.6 Å². The zero-order chi connectivity index (χ0) is 16.1. The number of methoxy groups -OCH3 is 1.